The van der Waals surface area contributed by atoms with Crippen LogP contribution >= 0.6 is 11.8 Å². The highest BCUT2D eigenvalue weighted by Gasteiger charge is 2.48. The Morgan fingerprint density at radius 2 is 1.62 bits per heavy atom. The summed E-state index contributed by atoms with van der Waals surface area (Å²) in [4.78, 5) is 15.3. The van der Waals surface area contributed by atoms with Crippen LogP contribution in [0.25, 0.3) is 0 Å². The minimum Gasteiger partial charge on any atom is -0.323 e. The maximum atomic E-state index is 13.3. The Morgan fingerprint density at radius 1 is 0.966 bits per heavy atom. The number of carbonyl (C=O) groups is 1. The van der Waals surface area contributed by atoms with Crippen molar-refractivity contribution in [2.45, 2.75) is 36.5 Å². The van der Waals surface area contributed by atoms with Gasteiger partial charge in [0.05, 0.1) is 9.77 Å². The Morgan fingerprint density at radius 3 is 2.28 bits per heavy atom. The lowest BCUT2D eigenvalue weighted by atomic mass is 10.0. The number of amides is 1. The second kappa shape index (κ2) is 7.78. The second-order valence-electron chi connectivity index (χ2n) is 7.78. The van der Waals surface area contributed by atoms with Crippen LogP contribution < -0.4 is 0 Å². The number of rotatable bonds is 3. The molecule has 4 rings (SSSR count). The summed E-state index contributed by atoms with van der Waals surface area (Å²) in [6, 6.07) is 14.7. The zero-order valence-corrected chi connectivity index (χ0v) is 18.4. The predicted molar refractivity (Wildman–Crippen MR) is 117 cm³/mol. The molecule has 0 saturated carbocycles. The van der Waals surface area contributed by atoms with E-state index in [2.05, 4.69) is 0 Å². The standard InChI is InChI=1S/C22H26N2O3S2/c1-17-7-9-19(10-8-17)29(26,27)23-13-11-22(12-14-23)24(15-16-28-22)21(25)20-6-4-3-5-18(20)2/h3-10H,11-16H2,1-2H3. The van der Waals surface area contributed by atoms with Crippen molar-refractivity contribution in [1.82, 2.24) is 9.21 Å². The van der Waals surface area contributed by atoms with E-state index in [1.165, 1.54) is 0 Å². The number of hydrogen-bond donors (Lipinski definition) is 0. The summed E-state index contributed by atoms with van der Waals surface area (Å²) in [6.07, 6.45) is 1.31. The molecule has 2 aromatic rings. The highest BCUT2D eigenvalue weighted by Crippen LogP contribution is 2.45. The molecule has 0 N–H and O–H groups in total. The molecule has 2 fully saturated rings. The summed E-state index contributed by atoms with van der Waals surface area (Å²) in [7, 11) is -3.50. The van der Waals surface area contributed by atoms with Crippen LogP contribution in [0.1, 0.15) is 34.3 Å². The first-order valence-corrected chi connectivity index (χ1v) is 12.3. The van der Waals surface area contributed by atoms with Gasteiger partial charge < -0.3 is 4.90 Å². The van der Waals surface area contributed by atoms with Gasteiger partial charge in [-0.15, -0.1) is 11.8 Å². The van der Waals surface area contributed by atoms with Crippen molar-refractivity contribution < 1.29 is 13.2 Å². The smallest absolute Gasteiger partial charge is 0.255 e. The molecular formula is C22H26N2O3S2. The molecule has 0 radical (unpaired) electrons. The van der Waals surface area contributed by atoms with Gasteiger partial charge in [-0.2, -0.15) is 4.31 Å². The first-order chi connectivity index (χ1) is 13.8. The van der Waals surface area contributed by atoms with Gasteiger partial charge in [-0.25, -0.2) is 8.42 Å². The molecule has 0 aromatic heterocycles. The van der Waals surface area contributed by atoms with Crippen molar-refractivity contribution in [3.05, 3.63) is 65.2 Å². The molecule has 2 saturated heterocycles. The third-order valence-electron chi connectivity index (χ3n) is 5.96. The normalized spacial score (nSPS) is 19.6. The predicted octanol–water partition coefficient (Wildman–Crippen LogP) is 3.67. The number of carbonyl (C=O) groups excluding carboxylic acids is 1. The lowest BCUT2D eigenvalue weighted by Gasteiger charge is -2.43. The highest BCUT2D eigenvalue weighted by atomic mass is 32.2. The average Bonchev–Trinajstić information content (AvgIpc) is 3.11. The van der Waals surface area contributed by atoms with Crippen molar-refractivity contribution in [2.75, 3.05) is 25.4 Å². The molecule has 2 aromatic carbocycles. The number of aryl methyl sites for hydroxylation is 2. The summed E-state index contributed by atoms with van der Waals surface area (Å²) in [5.41, 5.74) is 2.75. The SMILES string of the molecule is Cc1ccc(S(=O)(=O)N2CCC3(CC2)SCCN3C(=O)c2ccccc2C)cc1. The first-order valence-electron chi connectivity index (χ1n) is 9.92. The fourth-order valence-electron chi connectivity index (χ4n) is 4.20. The van der Waals surface area contributed by atoms with Crippen LogP contribution in [0.15, 0.2) is 53.4 Å². The molecule has 0 bridgehead atoms. The van der Waals surface area contributed by atoms with Gasteiger partial charge in [0.2, 0.25) is 10.0 Å². The third-order valence-corrected chi connectivity index (χ3v) is 9.43. The molecule has 0 unspecified atom stereocenters. The van der Waals surface area contributed by atoms with Gasteiger partial charge in [-0.05, 0) is 50.5 Å². The zero-order valence-electron chi connectivity index (χ0n) is 16.8. The van der Waals surface area contributed by atoms with E-state index < -0.39 is 10.0 Å². The Labute approximate surface area is 177 Å². The molecule has 2 aliphatic heterocycles. The third kappa shape index (κ3) is 3.71. The summed E-state index contributed by atoms with van der Waals surface area (Å²) in [5.74, 6) is 0.949. The van der Waals surface area contributed by atoms with Gasteiger partial charge in [-0.3, -0.25) is 4.79 Å². The number of benzene rings is 2. The lowest BCUT2D eigenvalue weighted by Crippen LogP contribution is -2.53. The maximum Gasteiger partial charge on any atom is 0.255 e. The van der Waals surface area contributed by atoms with Gasteiger partial charge in [0.15, 0.2) is 0 Å². The van der Waals surface area contributed by atoms with E-state index in [9.17, 15) is 13.2 Å². The highest BCUT2D eigenvalue weighted by molar-refractivity contribution is 8.00. The molecule has 0 atom stereocenters. The molecule has 2 heterocycles. The van der Waals surface area contributed by atoms with E-state index in [0.29, 0.717) is 37.4 Å². The van der Waals surface area contributed by atoms with Gasteiger partial charge in [0, 0.05) is 31.0 Å². The molecule has 2 aliphatic rings. The summed E-state index contributed by atoms with van der Waals surface area (Å²) in [6.45, 7) is 5.47. The van der Waals surface area contributed by atoms with Crippen LogP contribution in [0, 0.1) is 13.8 Å². The minimum absolute atomic E-state index is 0.0583. The molecule has 7 heteroatoms. The Hall–Kier alpha value is -1.83. The number of thioether (sulfide) groups is 1. The molecular weight excluding hydrogens is 404 g/mol. The average molecular weight is 431 g/mol. The van der Waals surface area contributed by atoms with Crippen LogP contribution in [-0.2, 0) is 10.0 Å². The monoisotopic (exact) mass is 430 g/mol. The number of sulfonamides is 1. The van der Waals surface area contributed by atoms with Crippen LogP contribution in [0.3, 0.4) is 0 Å². The fourth-order valence-corrected chi connectivity index (χ4v) is 7.10. The number of hydrogen-bond acceptors (Lipinski definition) is 4. The summed E-state index contributed by atoms with van der Waals surface area (Å²) < 4.78 is 27.6. The quantitative estimate of drug-likeness (QED) is 0.746. The Balaban J connectivity index is 1.52. The maximum absolute atomic E-state index is 13.3. The largest absolute Gasteiger partial charge is 0.323 e. The van der Waals surface area contributed by atoms with Crippen molar-refractivity contribution in [2.24, 2.45) is 0 Å². The number of nitrogens with zero attached hydrogens (tertiary/aromatic N) is 2. The Bertz CT molecular complexity index is 1010. The van der Waals surface area contributed by atoms with E-state index in [-0.39, 0.29) is 10.8 Å². The van der Waals surface area contributed by atoms with Crippen molar-refractivity contribution in [1.29, 1.82) is 0 Å². The first kappa shape index (κ1) is 20.4. The van der Waals surface area contributed by atoms with Crippen molar-refractivity contribution in [3.8, 4) is 0 Å². The zero-order chi connectivity index (χ0) is 20.6. The van der Waals surface area contributed by atoms with Crippen LogP contribution in [0.2, 0.25) is 0 Å². The summed E-state index contributed by atoms with van der Waals surface area (Å²) in [5, 5.41) is 0. The van der Waals surface area contributed by atoms with Gasteiger partial charge in [0.25, 0.3) is 5.91 Å². The van der Waals surface area contributed by atoms with Crippen molar-refractivity contribution in [3.63, 3.8) is 0 Å². The molecule has 5 nitrogen and oxygen atoms in total. The van der Waals surface area contributed by atoms with Gasteiger partial charge in [-0.1, -0.05) is 35.9 Å². The molecule has 1 spiro atoms. The lowest BCUT2D eigenvalue weighted by molar-refractivity contribution is 0.0604. The molecule has 0 aliphatic carbocycles. The Kier molecular flexibility index (Phi) is 5.48. The van der Waals surface area contributed by atoms with Crippen LogP contribution in [-0.4, -0.2) is 53.8 Å². The van der Waals surface area contributed by atoms with Crippen molar-refractivity contribution >= 4 is 27.7 Å². The molecule has 29 heavy (non-hydrogen) atoms. The van der Waals surface area contributed by atoms with Gasteiger partial charge >= 0.3 is 0 Å². The van der Waals surface area contributed by atoms with E-state index >= 15 is 0 Å². The van der Waals surface area contributed by atoms with Crippen LogP contribution in [0.5, 0.6) is 0 Å². The molecule has 154 valence electrons. The summed E-state index contributed by atoms with van der Waals surface area (Å²) >= 11 is 1.80. The number of piperidine rings is 1. The topological polar surface area (TPSA) is 57.7 Å². The fraction of sp³-hybridized carbons (Fsp3) is 0.409. The van der Waals surface area contributed by atoms with Crippen LogP contribution in [0.4, 0.5) is 0 Å². The minimum atomic E-state index is -3.50. The molecule has 1 amide bonds. The van der Waals surface area contributed by atoms with Gasteiger partial charge in [0.1, 0.15) is 0 Å². The van der Waals surface area contributed by atoms with E-state index in [1.54, 1.807) is 28.2 Å². The van der Waals surface area contributed by atoms with E-state index in [4.69, 9.17) is 0 Å². The van der Waals surface area contributed by atoms with E-state index in [0.717, 1.165) is 22.4 Å². The van der Waals surface area contributed by atoms with E-state index in [1.807, 2.05) is 55.1 Å². The second-order valence-corrected chi connectivity index (χ2v) is 11.2.